The van der Waals surface area contributed by atoms with Gasteiger partial charge in [-0.05, 0) is 0 Å². The zero-order valence-electron chi connectivity index (χ0n) is 6.81. The molecule has 2 N–H and O–H groups in total. The van der Waals surface area contributed by atoms with E-state index in [-0.39, 0.29) is 12.1 Å². The van der Waals surface area contributed by atoms with Gasteiger partial charge in [0, 0.05) is 24.4 Å². The molecule has 0 radical (unpaired) electrons. The summed E-state index contributed by atoms with van der Waals surface area (Å²) in [6.07, 6.45) is -3.97. The van der Waals surface area contributed by atoms with E-state index in [9.17, 15) is 17.6 Å². The van der Waals surface area contributed by atoms with Gasteiger partial charge in [-0.15, -0.1) is 13.2 Å². The summed E-state index contributed by atoms with van der Waals surface area (Å²) in [6.45, 7) is -0.134. The van der Waals surface area contributed by atoms with Crippen LogP contribution < -0.4 is 10.5 Å². The number of nitrogens with zero attached hydrogens (tertiary/aromatic N) is 1. The first-order chi connectivity index (χ1) is 6.42. The fourth-order valence-corrected chi connectivity index (χ4v) is 0.766. The highest BCUT2D eigenvalue weighted by molar-refractivity contribution is 5.20. The third-order valence-corrected chi connectivity index (χ3v) is 1.34. The Morgan fingerprint density at radius 2 is 2.07 bits per heavy atom. The number of rotatable bonds is 2. The largest absolute Gasteiger partial charge is 0.574 e. The number of alkyl halides is 3. The third kappa shape index (κ3) is 2.84. The lowest BCUT2D eigenvalue weighted by molar-refractivity contribution is -0.276. The van der Waals surface area contributed by atoms with Crippen molar-refractivity contribution in [3.05, 3.63) is 23.6 Å². The van der Waals surface area contributed by atoms with Crippen molar-refractivity contribution in [2.24, 2.45) is 5.73 Å². The van der Waals surface area contributed by atoms with Gasteiger partial charge in [-0.25, -0.2) is 9.37 Å². The summed E-state index contributed by atoms with van der Waals surface area (Å²) in [5.41, 5.74) is 5.11. The molecule has 1 aromatic heterocycles. The highest BCUT2D eigenvalue weighted by atomic mass is 19.4. The molecule has 1 rings (SSSR count). The zero-order chi connectivity index (χ0) is 10.8. The van der Waals surface area contributed by atoms with Crippen LogP contribution in [-0.2, 0) is 6.54 Å². The van der Waals surface area contributed by atoms with Crippen molar-refractivity contribution in [1.82, 2.24) is 4.98 Å². The molecule has 3 nitrogen and oxygen atoms in total. The maximum atomic E-state index is 12.9. The fourth-order valence-electron chi connectivity index (χ4n) is 0.766. The highest BCUT2D eigenvalue weighted by Crippen LogP contribution is 2.21. The molecule has 0 bridgehead atoms. The summed E-state index contributed by atoms with van der Waals surface area (Å²) in [5, 5.41) is 0. The van der Waals surface area contributed by atoms with Crippen LogP contribution in [0.4, 0.5) is 17.6 Å². The van der Waals surface area contributed by atoms with Gasteiger partial charge in [-0.1, -0.05) is 0 Å². The second kappa shape index (κ2) is 3.79. The number of hydrogen-bond acceptors (Lipinski definition) is 3. The average Bonchev–Trinajstić information content (AvgIpc) is 2.01. The number of nitrogens with two attached hydrogens (primary N) is 1. The van der Waals surface area contributed by atoms with E-state index in [1.165, 1.54) is 0 Å². The number of pyridine rings is 1. The van der Waals surface area contributed by atoms with Gasteiger partial charge in [0.2, 0.25) is 5.88 Å². The van der Waals surface area contributed by atoms with Crippen molar-refractivity contribution in [1.29, 1.82) is 0 Å². The topological polar surface area (TPSA) is 48.1 Å². The SMILES string of the molecule is NCc1cnc(OC(F)(F)F)cc1F. The molecule has 78 valence electrons. The van der Waals surface area contributed by atoms with Gasteiger partial charge in [-0.3, -0.25) is 0 Å². The highest BCUT2D eigenvalue weighted by Gasteiger charge is 2.32. The minimum atomic E-state index is -4.87. The van der Waals surface area contributed by atoms with Crippen molar-refractivity contribution in [3.8, 4) is 5.88 Å². The van der Waals surface area contributed by atoms with Crippen LogP contribution in [0.5, 0.6) is 5.88 Å². The van der Waals surface area contributed by atoms with E-state index < -0.39 is 18.1 Å². The molecule has 1 heterocycles. The molecule has 7 heteroatoms. The molecule has 0 saturated heterocycles. The second-order valence-electron chi connectivity index (χ2n) is 2.37. The number of hydrogen-bond donors (Lipinski definition) is 1. The van der Waals surface area contributed by atoms with E-state index in [4.69, 9.17) is 5.73 Å². The van der Waals surface area contributed by atoms with Gasteiger partial charge in [-0.2, -0.15) is 0 Å². The average molecular weight is 210 g/mol. The van der Waals surface area contributed by atoms with Crippen LogP contribution in [0.15, 0.2) is 12.3 Å². The van der Waals surface area contributed by atoms with E-state index in [0.29, 0.717) is 6.07 Å². The summed E-state index contributed by atoms with van der Waals surface area (Å²) >= 11 is 0. The van der Waals surface area contributed by atoms with Crippen molar-refractivity contribution < 1.29 is 22.3 Å². The van der Waals surface area contributed by atoms with Crippen LogP contribution >= 0.6 is 0 Å². The van der Waals surface area contributed by atoms with Crippen molar-refractivity contribution in [3.63, 3.8) is 0 Å². The molecule has 0 aromatic carbocycles. The van der Waals surface area contributed by atoms with Crippen LogP contribution in [0.1, 0.15) is 5.56 Å². The zero-order valence-corrected chi connectivity index (χ0v) is 6.81. The van der Waals surface area contributed by atoms with Crippen LogP contribution in [-0.4, -0.2) is 11.3 Å². The fraction of sp³-hybridized carbons (Fsp3) is 0.286. The molecule has 0 aliphatic rings. The van der Waals surface area contributed by atoms with E-state index in [1.54, 1.807) is 0 Å². The van der Waals surface area contributed by atoms with Gasteiger partial charge in [0.25, 0.3) is 0 Å². The summed E-state index contributed by atoms with van der Waals surface area (Å²) in [6, 6.07) is 0.537. The molecule has 0 aliphatic heterocycles. The molecule has 1 aromatic rings. The molecular weight excluding hydrogens is 204 g/mol. The van der Waals surface area contributed by atoms with Crippen LogP contribution in [0.25, 0.3) is 0 Å². The van der Waals surface area contributed by atoms with Crippen molar-refractivity contribution in [2.75, 3.05) is 0 Å². The lowest BCUT2D eigenvalue weighted by Crippen LogP contribution is -2.18. The Morgan fingerprint density at radius 3 is 2.50 bits per heavy atom. The third-order valence-electron chi connectivity index (χ3n) is 1.34. The Bertz CT molecular complexity index is 326. The maximum absolute atomic E-state index is 12.9. The van der Waals surface area contributed by atoms with Gasteiger partial charge < -0.3 is 10.5 Å². The molecular formula is C7H6F4N2O. The summed E-state index contributed by atoms with van der Waals surface area (Å²) in [4.78, 5) is 3.23. The Balaban J connectivity index is 2.87. The second-order valence-corrected chi connectivity index (χ2v) is 2.37. The van der Waals surface area contributed by atoms with Gasteiger partial charge in [0.15, 0.2) is 0 Å². The molecule has 0 spiro atoms. The first-order valence-electron chi connectivity index (χ1n) is 3.52. The summed E-state index contributed by atoms with van der Waals surface area (Å²) in [5.74, 6) is -1.71. The lowest BCUT2D eigenvalue weighted by atomic mass is 10.3. The van der Waals surface area contributed by atoms with Gasteiger partial charge in [0.05, 0.1) is 0 Å². The predicted molar refractivity (Wildman–Crippen MR) is 38.8 cm³/mol. The standard InChI is InChI=1S/C7H6F4N2O/c8-5-1-6(14-7(9,10)11)13-3-4(5)2-12/h1,3H,2,12H2. The monoisotopic (exact) mass is 210 g/mol. The van der Waals surface area contributed by atoms with Crippen molar-refractivity contribution >= 4 is 0 Å². The Morgan fingerprint density at radius 1 is 1.43 bits per heavy atom. The minimum absolute atomic E-state index is 0.0273. The smallest absolute Gasteiger partial charge is 0.388 e. The van der Waals surface area contributed by atoms with Crippen LogP contribution in [0.2, 0.25) is 0 Å². The quantitative estimate of drug-likeness (QED) is 0.754. The van der Waals surface area contributed by atoms with E-state index >= 15 is 0 Å². The predicted octanol–water partition coefficient (Wildman–Crippen LogP) is 1.58. The first-order valence-corrected chi connectivity index (χ1v) is 3.52. The maximum Gasteiger partial charge on any atom is 0.574 e. The van der Waals surface area contributed by atoms with Gasteiger partial charge >= 0.3 is 6.36 Å². The Hall–Kier alpha value is -1.37. The Kier molecular flexibility index (Phi) is 2.90. The first kappa shape index (κ1) is 10.7. The molecule has 0 fully saturated rings. The minimum Gasteiger partial charge on any atom is -0.388 e. The number of aromatic nitrogens is 1. The molecule has 0 unspecified atom stereocenters. The van der Waals surface area contributed by atoms with Crippen LogP contribution in [0, 0.1) is 5.82 Å². The molecule has 14 heavy (non-hydrogen) atoms. The van der Waals surface area contributed by atoms with Crippen LogP contribution in [0.3, 0.4) is 0 Å². The van der Waals surface area contributed by atoms with Crippen molar-refractivity contribution in [2.45, 2.75) is 12.9 Å². The number of halogens is 4. The number of ether oxygens (including phenoxy) is 1. The molecule has 0 amide bonds. The normalized spacial score (nSPS) is 11.5. The molecule has 0 atom stereocenters. The van der Waals surface area contributed by atoms with E-state index in [1.807, 2.05) is 0 Å². The summed E-state index contributed by atoms with van der Waals surface area (Å²) < 4.78 is 51.2. The van der Waals surface area contributed by atoms with E-state index in [0.717, 1.165) is 6.20 Å². The Labute approximate surface area is 76.5 Å². The molecule has 0 aliphatic carbocycles. The summed E-state index contributed by atoms with van der Waals surface area (Å²) in [7, 11) is 0. The molecule has 0 saturated carbocycles. The van der Waals surface area contributed by atoms with Gasteiger partial charge in [0.1, 0.15) is 5.82 Å². The van der Waals surface area contributed by atoms with E-state index in [2.05, 4.69) is 9.72 Å². The lowest BCUT2D eigenvalue weighted by Gasteiger charge is -2.08.